The van der Waals surface area contributed by atoms with E-state index in [9.17, 15) is 0 Å². The van der Waals surface area contributed by atoms with Crippen LogP contribution in [-0.4, -0.2) is 47.4 Å². The first-order valence-electron chi connectivity index (χ1n) is 7.24. The molecule has 2 unspecified atom stereocenters. The van der Waals surface area contributed by atoms with E-state index in [0.29, 0.717) is 31.1 Å². The van der Waals surface area contributed by atoms with Gasteiger partial charge in [0.15, 0.2) is 5.82 Å². The maximum absolute atomic E-state index is 5.87. The molecule has 2 heterocycles. The zero-order valence-corrected chi connectivity index (χ0v) is 14.2. The van der Waals surface area contributed by atoms with Gasteiger partial charge in [-0.15, -0.1) is 12.4 Å². The minimum Gasteiger partial charge on any atom is -0.381 e. The van der Waals surface area contributed by atoms with Crippen molar-refractivity contribution in [3.8, 4) is 0 Å². The molecule has 0 aromatic carbocycles. The number of hydrogen-bond acceptors (Lipinski definition) is 6. The molecule has 1 aromatic heterocycles. The number of rotatable bonds is 4. The SMILES string of the molecule is COC1CCN(Cc2nc(C(C)(C)C)no2)C(CN)C1.Cl. The van der Waals surface area contributed by atoms with Gasteiger partial charge in [-0.2, -0.15) is 4.98 Å². The molecular formula is C14H27ClN4O2. The second-order valence-electron chi connectivity index (χ2n) is 6.50. The summed E-state index contributed by atoms with van der Waals surface area (Å²) in [4.78, 5) is 6.81. The predicted molar refractivity (Wildman–Crippen MR) is 83.5 cm³/mol. The van der Waals surface area contributed by atoms with Crippen LogP contribution in [0.1, 0.15) is 45.3 Å². The lowest BCUT2D eigenvalue weighted by Gasteiger charge is -2.37. The van der Waals surface area contributed by atoms with E-state index in [1.807, 2.05) is 0 Å². The number of nitrogens with zero attached hydrogens (tertiary/aromatic N) is 3. The summed E-state index contributed by atoms with van der Waals surface area (Å²) in [5.41, 5.74) is 5.79. The molecule has 6 nitrogen and oxygen atoms in total. The highest BCUT2D eigenvalue weighted by atomic mass is 35.5. The van der Waals surface area contributed by atoms with Gasteiger partial charge in [0.25, 0.3) is 0 Å². The number of piperidine rings is 1. The molecule has 0 bridgehead atoms. The van der Waals surface area contributed by atoms with Gasteiger partial charge in [-0.1, -0.05) is 25.9 Å². The van der Waals surface area contributed by atoms with Gasteiger partial charge in [0.2, 0.25) is 5.89 Å². The summed E-state index contributed by atoms with van der Waals surface area (Å²) in [6, 6.07) is 0.318. The lowest BCUT2D eigenvalue weighted by atomic mass is 9.96. The van der Waals surface area contributed by atoms with Crippen molar-refractivity contribution in [3.63, 3.8) is 0 Å². The topological polar surface area (TPSA) is 77.4 Å². The first-order valence-corrected chi connectivity index (χ1v) is 7.24. The van der Waals surface area contributed by atoms with Crippen LogP contribution in [0.25, 0.3) is 0 Å². The molecular weight excluding hydrogens is 292 g/mol. The van der Waals surface area contributed by atoms with Crippen molar-refractivity contribution in [2.75, 3.05) is 20.2 Å². The molecule has 0 spiro atoms. The molecule has 0 saturated carbocycles. The van der Waals surface area contributed by atoms with E-state index < -0.39 is 0 Å². The lowest BCUT2D eigenvalue weighted by Crippen LogP contribution is -2.48. The number of halogens is 1. The third kappa shape index (κ3) is 4.64. The van der Waals surface area contributed by atoms with E-state index in [2.05, 4.69) is 35.8 Å². The lowest BCUT2D eigenvalue weighted by molar-refractivity contribution is 0.00676. The maximum atomic E-state index is 5.87. The van der Waals surface area contributed by atoms with Crippen LogP contribution in [-0.2, 0) is 16.7 Å². The zero-order valence-electron chi connectivity index (χ0n) is 13.3. The number of ether oxygens (including phenoxy) is 1. The Kier molecular flexibility index (Phi) is 6.59. The van der Waals surface area contributed by atoms with E-state index in [4.69, 9.17) is 15.0 Å². The average molecular weight is 319 g/mol. The normalized spacial score (nSPS) is 23.9. The summed E-state index contributed by atoms with van der Waals surface area (Å²) in [5, 5.41) is 4.07. The minimum atomic E-state index is -0.0853. The van der Waals surface area contributed by atoms with Crippen LogP contribution in [0.2, 0.25) is 0 Å². The Morgan fingerprint density at radius 1 is 1.43 bits per heavy atom. The molecule has 0 radical (unpaired) electrons. The van der Waals surface area contributed by atoms with Crippen molar-refractivity contribution in [1.82, 2.24) is 15.0 Å². The molecule has 1 saturated heterocycles. The average Bonchev–Trinajstić information content (AvgIpc) is 2.87. The van der Waals surface area contributed by atoms with E-state index in [1.54, 1.807) is 7.11 Å². The number of nitrogens with two attached hydrogens (primary N) is 1. The van der Waals surface area contributed by atoms with E-state index in [0.717, 1.165) is 25.2 Å². The zero-order chi connectivity index (χ0) is 14.8. The summed E-state index contributed by atoms with van der Waals surface area (Å²) in [6.07, 6.45) is 2.30. The summed E-state index contributed by atoms with van der Waals surface area (Å²) >= 11 is 0. The van der Waals surface area contributed by atoms with Gasteiger partial charge in [0, 0.05) is 31.7 Å². The largest absolute Gasteiger partial charge is 0.381 e. The number of aromatic nitrogens is 2. The predicted octanol–water partition coefficient (Wildman–Crippen LogP) is 1.73. The second kappa shape index (κ2) is 7.54. The minimum absolute atomic E-state index is 0. The third-order valence-electron chi connectivity index (χ3n) is 3.87. The smallest absolute Gasteiger partial charge is 0.240 e. The Hall–Kier alpha value is -0.690. The molecule has 2 N–H and O–H groups in total. The summed E-state index contributed by atoms with van der Waals surface area (Å²) in [5.74, 6) is 1.42. The Bertz CT molecular complexity index is 433. The molecule has 0 amide bonds. The number of hydrogen-bond donors (Lipinski definition) is 1. The van der Waals surface area contributed by atoms with Crippen molar-refractivity contribution < 1.29 is 9.26 Å². The molecule has 1 aliphatic rings. The second-order valence-corrected chi connectivity index (χ2v) is 6.50. The summed E-state index contributed by atoms with van der Waals surface area (Å²) < 4.78 is 10.8. The van der Waals surface area contributed by atoms with Crippen LogP contribution in [0, 0.1) is 0 Å². The van der Waals surface area contributed by atoms with Crippen LogP contribution in [0.15, 0.2) is 4.52 Å². The van der Waals surface area contributed by atoms with E-state index >= 15 is 0 Å². The van der Waals surface area contributed by atoms with Gasteiger partial charge in [-0.05, 0) is 12.8 Å². The van der Waals surface area contributed by atoms with Crippen LogP contribution in [0.5, 0.6) is 0 Å². The van der Waals surface area contributed by atoms with E-state index in [1.165, 1.54) is 0 Å². The van der Waals surface area contributed by atoms with E-state index in [-0.39, 0.29) is 17.8 Å². The monoisotopic (exact) mass is 318 g/mol. The summed E-state index contributed by atoms with van der Waals surface area (Å²) in [7, 11) is 1.77. The van der Waals surface area contributed by atoms with Crippen LogP contribution < -0.4 is 5.73 Å². The van der Waals surface area contributed by atoms with Gasteiger partial charge < -0.3 is 15.0 Å². The van der Waals surface area contributed by atoms with Crippen molar-refractivity contribution in [2.24, 2.45) is 5.73 Å². The highest BCUT2D eigenvalue weighted by Crippen LogP contribution is 2.22. The first kappa shape index (κ1) is 18.4. The molecule has 2 atom stereocenters. The third-order valence-corrected chi connectivity index (χ3v) is 3.87. The fraction of sp³-hybridized carbons (Fsp3) is 0.857. The van der Waals surface area contributed by atoms with Gasteiger partial charge in [-0.25, -0.2) is 0 Å². The number of likely N-dealkylation sites (tertiary alicyclic amines) is 1. The molecule has 1 aromatic rings. The Balaban J connectivity index is 0.00000220. The molecule has 1 fully saturated rings. The van der Waals surface area contributed by atoms with Gasteiger partial charge >= 0.3 is 0 Å². The van der Waals surface area contributed by atoms with Gasteiger partial charge in [0.1, 0.15) is 0 Å². The molecule has 21 heavy (non-hydrogen) atoms. The molecule has 0 aliphatic carbocycles. The first-order chi connectivity index (χ1) is 9.44. The molecule has 2 rings (SSSR count). The van der Waals surface area contributed by atoms with Crippen LogP contribution in [0.3, 0.4) is 0 Å². The molecule has 7 heteroatoms. The Morgan fingerprint density at radius 2 is 2.14 bits per heavy atom. The Morgan fingerprint density at radius 3 is 2.67 bits per heavy atom. The van der Waals surface area contributed by atoms with Gasteiger partial charge in [0.05, 0.1) is 12.6 Å². The molecule has 122 valence electrons. The van der Waals surface area contributed by atoms with Gasteiger partial charge in [-0.3, -0.25) is 4.90 Å². The van der Waals surface area contributed by atoms with Crippen molar-refractivity contribution in [1.29, 1.82) is 0 Å². The maximum Gasteiger partial charge on any atom is 0.240 e. The highest BCUT2D eigenvalue weighted by Gasteiger charge is 2.29. The van der Waals surface area contributed by atoms with Crippen molar-refractivity contribution >= 4 is 12.4 Å². The quantitative estimate of drug-likeness (QED) is 0.911. The van der Waals surface area contributed by atoms with Crippen molar-refractivity contribution in [2.45, 2.75) is 57.7 Å². The standard InChI is InChI=1S/C14H26N4O2.ClH/c1-14(2,3)13-16-12(20-17-13)9-18-6-5-11(19-4)7-10(18)8-15;/h10-11H,5-9,15H2,1-4H3;1H. The van der Waals surface area contributed by atoms with Crippen molar-refractivity contribution in [3.05, 3.63) is 11.7 Å². The van der Waals surface area contributed by atoms with Crippen LogP contribution >= 0.6 is 12.4 Å². The highest BCUT2D eigenvalue weighted by molar-refractivity contribution is 5.85. The fourth-order valence-corrected chi connectivity index (χ4v) is 2.53. The Labute approximate surface area is 132 Å². The van der Waals surface area contributed by atoms with Crippen LogP contribution in [0.4, 0.5) is 0 Å². The fourth-order valence-electron chi connectivity index (χ4n) is 2.53. The summed E-state index contributed by atoms with van der Waals surface area (Å²) in [6.45, 7) is 8.48. The molecule has 1 aliphatic heterocycles. The number of methoxy groups -OCH3 is 1.